The van der Waals surface area contributed by atoms with E-state index in [-0.39, 0.29) is 6.03 Å². The molecule has 0 radical (unpaired) electrons. The van der Waals surface area contributed by atoms with E-state index in [9.17, 15) is 9.59 Å². The smallest absolute Gasteiger partial charge is 0.350 e. The second-order valence-corrected chi connectivity index (χ2v) is 4.41. The number of methoxy groups -OCH3 is 1. The summed E-state index contributed by atoms with van der Waals surface area (Å²) >= 11 is 1.20. The molecule has 0 atom stereocenters. The summed E-state index contributed by atoms with van der Waals surface area (Å²) in [6.45, 7) is 0. The van der Waals surface area contributed by atoms with Crippen LogP contribution >= 0.6 is 11.3 Å². The Kier molecular flexibility index (Phi) is 2.02. The van der Waals surface area contributed by atoms with E-state index in [4.69, 9.17) is 0 Å². The van der Waals surface area contributed by atoms with Gasteiger partial charge in [0.2, 0.25) is 0 Å². The number of rotatable bonds is 1. The molecule has 1 aliphatic heterocycles. The fraction of sp³-hybridized carbons (Fsp3) is 0.100. The van der Waals surface area contributed by atoms with Crippen LogP contribution in [0.5, 0.6) is 0 Å². The van der Waals surface area contributed by atoms with Gasteiger partial charge in [-0.3, -0.25) is 0 Å². The molecule has 0 fully saturated rings. The fourth-order valence-corrected chi connectivity index (χ4v) is 2.79. The van der Waals surface area contributed by atoms with Crippen LogP contribution in [-0.2, 0) is 4.74 Å². The van der Waals surface area contributed by atoms with E-state index in [2.05, 4.69) is 20.4 Å². The third-order valence-corrected chi connectivity index (χ3v) is 3.53. The molecular weight excluding hydrogens is 242 g/mol. The molecule has 0 bridgehead atoms. The number of amides is 2. The Hall–Kier alpha value is -2.15. The maximum atomic E-state index is 11.6. The lowest BCUT2D eigenvalue weighted by atomic mass is 10.2. The van der Waals surface area contributed by atoms with Crippen molar-refractivity contribution >= 4 is 44.9 Å². The number of anilines is 2. The van der Waals surface area contributed by atoms with E-state index in [1.54, 1.807) is 12.3 Å². The number of hydrogen-bond acceptors (Lipinski definition) is 5. The molecule has 0 saturated carbocycles. The first kappa shape index (κ1) is 10.0. The summed E-state index contributed by atoms with van der Waals surface area (Å²) in [5.41, 5.74) is 1.13. The molecule has 3 heterocycles. The van der Waals surface area contributed by atoms with Gasteiger partial charge in [-0.25, -0.2) is 14.6 Å². The summed E-state index contributed by atoms with van der Waals surface area (Å²) in [6.07, 6.45) is 1.59. The van der Waals surface area contributed by atoms with Gasteiger partial charge in [0, 0.05) is 6.20 Å². The molecule has 1 aliphatic rings. The number of aromatic nitrogens is 1. The number of carbonyl (C=O) groups is 2. The molecule has 7 heteroatoms. The van der Waals surface area contributed by atoms with Gasteiger partial charge in [0.15, 0.2) is 0 Å². The van der Waals surface area contributed by atoms with Crippen molar-refractivity contribution in [1.29, 1.82) is 0 Å². The van der Waals surface area contributed by atoms with Gasteiger partial charge in [0.25, 0.3) is 0 Å². The Morgan fingerprint density at radius 1 is 1.47 bits per heavy atom. The highest BCUT2D eigenvalue weighted by atomic mass is 32.1. The van der Waals surface area contributed by atoms with Crippen LogP contribution in [0, 0.1) is 0 Å². The molecule has 0 unspecified atom stereocenters. The summed E-state index contributed by atoms with van der Waals surface area (Å²) in [5.74, 6) is -0.476. The highest BCUT2D eigenvalue weighted by Gasteiger charge is 2.26. The van der Waals surface area contributed by atoms with Crippen LogP contribution < -0.4 is 10.6 Å². The van der Waals surface area contributed by atoms with Crippen molar-refractivity contribution in [2.24, 2.45) is 0 Å². The van der Waals surface area contributed by atoms with Gasteiger partial charge in [0.05, 0.1) is 23.9 Å². The number of urea groups is 1. The van der Waals surface area contributed by atoms with Gasteiger partial charge >= 0.3 is 12.0 Å². The first-order valence-electron chi connectivity index (χ1n) is 4.78. The average molecular weight is 249 g/mol. The molecule has 2 aromatic rings. The number of carbonyl (C=O) groups excluding carboxylic acids is 2. The molecule has 0 spiro atoms. The van der Waals surface area contributed by atoms with Crippen molar-refractivity contribution in [3.8, 4) is 0 Å². The zero-order valence-corrected chi connectivity index (χ0v) is 9.55. The van der Waals surface area contributed by atoms with Crippen molar-refractivity contribution in [3.63, 3.8) is 0 Å². The lowest BCUT2D eigenvalue weighted by molar-refractivity contribution is 0.0607. The maximum absolute atomic E-state index is 11.6. The SMILES string of the molecule is COC(=O)c1sc2nccc3c2c1NC(=O)N3. The minimum Gasteiger partial charge on any atom is -0.465 e. The first-order valence-corrected chi connectivity index (χ1v) is 5.60. The van der Waals surface area contributed by atoms with E-state index in [1.165, 1.54) is 18.4 Å². The Bertz CT molecular complexity index is 650. The summed E-state index contributed by atoms with van der Waals surface area (Å²) < 4.78 is 4.68. The number of ether oxygens (including phenoxy) is 1. The van der Waals surface area contributed by atoms with Crippen LogP contribution in [0.15, 0.2) is 12.3 Å². The van der Waals surface area contributed by atoms with Crippen molar-refractivity contribution in [2.75, 3.05) is 17.7 Å². The van der Waals surface area contributed by atoms with Crippen molar-refractivity contribution in [1.82, 2.24) is 4.98 Å². The van der Waals surface area contributed by atoms with Gasteiger partial charge in [-0.05, 0) is 6.07 Å². The van der Waals surface area contributed by atoms with Crippen LogP contribution in [0.3, 0.4) is 0 Å². The molecule has 0 aliphatic carbocycles. The molecule has 6 nitrogen and oxygen atoms in total. The van der Waals surface area contributed by atoms with Gasteiger partial charge in [-0.15, -0.1) is 11.3 Å². The number of thiophene rings is 1. The number of pyridine rings is 1. The minimum absolute atomic E-state index is 0.359. The van der Waals surface area contributed by atoms with E-state index < -0.39 is 5.97 Å². The standard InChI is InChI=1S/C10H7N3O3S/c1-16-9(14)7-6-5-4(12-10(15)13-6)2-3-11-8(5)17-7/h2-3H,1H3,(H2,12,13,15). The molecule has 3 rings (SSSR count). The number of hydrogen-bond donors (Lipinski definition) is 2. The van der Waals surface area contributed by atoms with Crippen molar-refractivity contribution < 1.29 is 14.3 Å². The Morgan fingerprint density at radius 3 is 3.06 bits per heavy atom. The van der Waals surface area contributed by atoms with Crippen LogP contribution in [0.2, 0.25) is 0 Å². The molecule has 2 N–H and O–H groups in total. The fourth-order valence-electron chi connectivity index (χ4n) is 1.75. The molecule has 2 amide bonds. The Morgan fingerprint density at radius 2 is 2.29 bits per heavy atom. The van der Waals surface area contributed by atoms with Gasteiger partial charge in [0.1, 0.15) is 9.71 Å². The van der Waals surface area contributed by atoms with Crippen molar-refractivity contribution in [2.45, 2.75) is 0 Å². The third kappa shape index (κ3) is 1.36. The summed E-state index contributed by atoms with van der Waals surface area (Å²) in [4.78, 5) is 28.2. The molecule has 0 aromatic carbocycles. The van der Waals surface area contributed by atoms with Gasteiger partial charge in [-0.2, -0.15) is 0 Å². The van der Waals surface area contributed by atoms with Gasteiger partial charge < -0.3 is 15.4 Å². The Balaban J connectivity index is 2.34. The molecule has 86 valence electrons. The monoisotopic (exact) mass is 249 g/mol. The summed E-state index contributed by atoms with van der Waals surface area (Å²) in [7, 11) is 1.30. The molecule has 17 heavy (non-hydrogen) atoms. The van der Waals surface area contributed by atoms with Crippen LogP contribution in [-0.4, -0.2) is 24.1 Å². The number of nitrogens with zero attached hydrogens (tertiary/aromatic N) is 1. The predicted molar refractivity (Wildman–Crippen MR) is 63.6 cm³/mol. The second-order valence-electron chi connectivity index (χ2n) is 3.42. The maximum Gasteiger partial charge on any atom is 0.350 e. The molecule has 2 aromatic heterocycles. The summed E-state index contributed by atoms with van der Waals surface area (Å²) in [6, 6.07) is 1.33. The normalized spacial score (nSPS) is 13.1. The van der Waals surface area contributed by atoms with Crippen molar-refractivity contribution in [3.05, 3.63) is 17.1 Å². The quantitative estimate of drug-likeness (QED) is 0.758. The van der Waals surface area contributed by atoms with E-state index in [1.807, 2.05) is 0 Å². The zero-order valence-electron chi connectivity index (χ0n) is 8.73. The highest BCUT2D eigenvalue weighted by molar-refractivity contribution is 7.21. The molecular formula is C10H7N3O3S. The molecule has 0 saturated heterocycles. The average Bonchev–Trinajstić information content (AvgIpc) is 2.69. The largest absolute Gasteiger partial charge is 0.465 e. The van der Waals surface area contributed by atoms with E-state index in [0.717, 1.165) is 5.39 Å². The topological polar surface area (TPSA) is 80.3 Å². The Labute approximate surface area is 99.6 Å². The van der Waals surface area contributed by atoms with E-state index >= 15 is 0 Å². The first-order chi connectivity index (χ1) is 8.20. The van der Waals surface area contributed by atoms with E-state index in [0.29, 0.717) is 21.1 Å². The van der Waals surface area contributed by atoms with Crippen LogP contribution in [0.4, 0.5) is 16.2 Å². The van der Waals surface area contributed by atoms with Crippen LogP contribution in [0.1, 0.15) is 9.67 Å². The van der Waals surface area contributed by atoms with Gasteiger partial charge in [-0.1, -0.05) is 0 Å². The third-order valence-electron chi connectivity index (χ3n) is 2.45. The number of nitrogens with one attached hydrogen (secondary N) is 2. The second kappa shape index (κ2) is 3.42. The predicted octanol–water partition coefficient (Wildman–Crippen LogP) is 2.04. The minimum atomic E-state index is -0.476. The number of esters is 1. The lowest BCUT2D eigenvalue weighted by Gasteiger charge is -2.15. The summed E-state index contributed by atoms with van der Waals surface area (Å²) in [5, 5.41) is 6.01. The lowest BCUT2D eigenvalue weighted by Crippen LogP contribution is -2.24. The van der Waals surface area contributed by atoms with Crippen LogP contribution in [0.25, 0.3) is 10.2 Å². The zero-order chi connectivity index (χ0) is 12.0. The highest BCUT2D eigenvalue weighted by Crippen LogP contribution is 2.41.